The number of aromatic amines is 1. The van der Waals surface area contributed by atoms with E-state index in [-0.39, 0.29) is 0 Å². The molecule has 4 heterocycles. The molecule has 9 heteroatoms. The third-order valence-electron chi connectivity index (χ3n) is 4.68. The van der Waals surface area contributed by atoms with Crippen LogP contribution in [0.3, 0.4) is 0 Å². The number of imidazole rings is 1. The minimum atomic E-state index is 0.315. The van der Waals surface area contributed by atoms with Gasteiger partial charge in [-0.25, -0.2) is 19.6 Å². The lowest BCUT2D eigenvalue weighted by Crippen LogP contribution is -2.01. The summed E-state index contributed by atoms with van der Waals surface area (Å²) in [5.74, 6) is 1.09. The van der Waals surface area contributed by atoms with Crippen LogP contribution < -0.4 is 5.73 Å². The van der Waals surface area contributed by atoms with Gasteiger partial charge >= 0.3 is 0 Å². The number of hydrogen-bond acceptors (Lipinski definition) is 7. The first-order valence-corrected chi connectivity index (χ1v) is 8.60. The summed E-state index contributed by atoms with van der Waals surface area (Å²) in [6, 6.07) is 17.5. The van der Waals surface area contributed by atoms with Crippen molar-refractivity contribution in [2.75, 3.05) is 5.73 Å². The van der Waals surface area contributed by atoms with Crippen LogP contribution in [0.1, 0.15) is 0 Å². The molecule has 0 bridgehead atoms. The number of nitrogens with one attached hydrogen (secondary N) is 1. The second-order valence-corrected chi connectivity index (χ2v) is 6.34. The van der Waals surface area contributed by atoms with Gasteiger partial charge < -0.3 is 10.7 Å². The number of H-pyrrole nitrogens is 1. The van der Waals surface area contributed by atoms with E-state index in [1.807, 2.05) is 59.2 Å². The number of nitrogen functional groups attached to an aromatic ring is 1. The fourth-order valence-electron chi connectivity index (χ4n) is 3.44. The number of fused-ring (bicyclic) bond motifs is 3. The first kappa shape index (κ1) is 14.9. The molecule has 4 aromatic heterocycles. The number of hydrogen-bond donors (Lipinski definition) is 2. The lowest BCUT2D eigenvalue weighted by atomic mass is 10.2. The quantitative estimate of drug-likeness (QED) is 0.481. The summed E-state index contributed by atoms with van der Waals surface area (Å²) >= 11 is 0. The van der Waals surface area contributed by atoms with Crippen LogP contribution in [-0.4, -0.2) is 34.8 Å². The van der Waals surface area contributed by atoms with E-state index in [4.69, 9.17) is 15.3 Å². The highest BCUT2D eigenvalue weighted by Crippen LogP contribution is 2.37. The first-order chi connectivity index (χ1) is 13.8. The predicted octanol–water partition coefficient (Wildman–Crippen LogP) is 3.08. The van der Waals surface area contributed by atoms with Crippen LogP contribution in [0.25, 0.3) is 50.6 Å². The summed E-state index contributed by atoms with van der Waals surface area (Å²) in [5, 5.41) is 7.63. The van der Waals surface area contributed by atoms with Gasteiger partial charge in [-0.3, -0.25) is 4.57 Å². The number of nitrogens with zero attached hydrogens (tertiary/aromatic N) is 6. The topological polar surface area (TPSA) is 124 Å². The van der Waals surface area contributed by atoms with E-state index in [9.17, 15) is 0 Å². The predicted molar refractivity (Wildman–Crippen MR) is 104 cm³/mol. The monoisotopic (exact) mass is 368 g/mol. The van der Waals surface area contributed by atoms with Crippen LogP contribution >= 0.6 is 0 Å². The number of aromatic nitrogens is 7. The number of nitrogens with two attached hydrogens (primary N) is 1. The van der Waals surface area contributed by atoms with Crippen molar-refractivity contribution in [1.82, 2.24) is 34.8 Å². The second kappa shape index (κ2) is 5.36. The molecular formula is C19H12N8O. The molecule has 6 aromatic rings. The van der Waals surface area contributed by atoms with Crippen LogP contribution in [0.4, 0.5) is 5.82 Å². The molecule has 9 nitrogen and oxygen atoms in total. The lowest BCUT2D eigenvalue weighted by molar-refractivity contribution is 0.314. The normalized spacial score (nSPS) is 11.7. The molecule has 0 saturated heterocycles. The molecule has 0 saturated carbocycles. The Kier molecular flexibility index (Phi) is 2.85. The molecule has 0 fully saturated rings. The van der Waals surface area contributed by atoms with E-state index in [1.54, 1.807) is 0 Å². The average molecular weight is 368 g/mol. The third kappa shape index (κ3) is 1.98. The average Bonchev–Trinajstić information content (AvgIpc) is 3.41. The second-order valence-electron chi connectivity index (χ2n) is 6.34. The van der Waals surface area contributed by atoms with Gasteiger partial charge in [0.25, 0.3) is 0 Å². The number of rotatable bonds is 2. The maximum absolute atomic E-state index is 6.59. The highest BCUT2D eigenvalue weighted by Gasteiger charge is 2.24. The van der Waals surface area contributed by atoms with Gasteiger partial charge in [-0.15, -0.1) is 0 Å². The Balaban J connectivity index is 1.75. The standard InChI is InChI=1S/C19H12N8O/c20-15-13(16-21-11-8-4-5-9-12(11)22-16)14-19(24-18-17(23-14)25-28-26-18)27(15)10-6-2-1-3-7-10/h1-9H,20H2,(H,21,22). The highest BCUT2D eigenvalue weighted by molar-refractivity contribution is 6.01. The van der Waals surface area contributed by atoms with Crippen LogP contribution in [0.15, 0.2) is 59.2 Å². The number of para-hydroxylation sites is 3. The van der Waals surface area contributed by atoms with Crippen molar-refractivity contribution in [1.29, 1.82) is 0 Å². The van der Waals surface area contributed by atoms with Crippen molar-refractivity contribution in [2.24, 2.45) is 0 Å². The lowest BCUT2D eigenvalue weighted by Gasteiger charge is -2.06. The Morgan fingerprint density at radius 1 is 0.857 bits per heavy atom. The van der Waals surface area contributed by atoms with E-state index >= 15 is 0 Å². The molecule has 2 aromatic carbocycles. The van der Waals surface area contributed by atoms with Crippen molar-refractivity contribution in [3.8, 4) is 17.1 Å². The molecule has 0 aliphatic rings. The minimum absolute atomic E-state index is 0.315. The summed E-state index contributed by atoms with van der Waals surface area (Å²) in [4.78, 5) is 17.2. The zero-order chi connectivity index (χ0) is 18.7. The summed E-state index contributed by atoms with van der Waals surface area (Å²) in [5.41, 5.74) is 11.6. The van der Waals surface area contributed by atoms with Crippen LogP contribution in [0.2, 0.25) is 0 Å². The van der Waals surface area contributed by atoms with Gasteiger partial charge in [0.05, 0.1) is 16.6 Å². The van der Waals surface area contributed by atoms with Crippen molar-refractivity contribution < 1.29 is 4.63 Å². The summed E-state index contributed by atoms with van der Waals surface area (Å²) < 4.78 is 6.62. The van der Waals surface area contributed by atoms with Gasteiger partial charge in [-0.2, -0.15) is 0 Å². The van der Waals surface area contributed by atoms with Crippen molar-refractivity contribution in [3.63, 3.8) is 0 Å². The molecule has 0 aliphatic heterocycles. The Labute approximate surface area is 156 Å². The minimum Gasteiger partial charge on any atom is -0.384 e. The van der Waals surface area contributed by atoms with Crippen LogP contribution in [-0.2, 0) is 0 Å². The molecule has 0 radical (unpaired) electrons. The van der Waals surface area contributed by atoms with E-state index < -0.39 is 0 Å². The smallest absolute Gasteiger partial charge is 0.245 e. The highest BCUT2D eigenvalue weighted by atomic mass is 16.6. The largest absolute Gasteiger partial charge is 0.384 e. The van der Waals surface area contributed by atoms with Crippen LogP contribution in [0, 0.1) is 0 Å². The van der Waals surface area contributed by atoms with Gasteiger partial charge in [-0.1, -0.05) is 30.3 Å². The third-order valence-corrected chi connectivity index (χ3v) is 4.68. The molecule has 0 spiro atoms. The Hall–Kier alpha value is -4.27. The first-order valence-electron chi connectivity index (χ1n) is 8.60. The fourth-order valence-corrected chi connectivity index (χ4v) is 3.44. The maximum atomic E-state index is 6.59. The van der Waals surface area contributed by atoms with E-state index in [0.717, 1.165) is 16.7 Å². The number of benzene rings is 2. The molecule has 134 valence electrons. The molecule has 0 unspecified atom stereocenters. The summed E-state index contributed by atoms with van der Waals surface area (Å²) in [7, 11) is 0. The molecule has 0 atom stereocenters. The number of anilines is 1. The van der Waals surface area contributed by atoms with Gasteiger partial charge in [-0.05, 0) is 34.6 Å². The molecule has 3 N–H and O–H groups in total. The maximum Gasteiger partial charge on any atom is 0.245 e. The zero-order valence-corrected chi connectivity index (χ0v) is 14.4. The van der Waals surface area contributed by atoms with E-state index in [1.165, 1.54) is 0 Å². The zero-order valence-electron chi connectivity index (χ0n) is 14.4. The molecule has 0 amide bonds. The van der Waals surface area contributed by atoms with Gasteiger partial charge in [0.2, 0.25) is 11.3 Å². The Morgan fingerprint density at radius 3 is 2.43 bits per heavy atom. The fraction of sp³-hybridized carbons (Fsp3) is 0. The molecular weight excluding hydrogens is 356 g/mol. The Bertz CT molecular complexity index is 1450. The Morgan fingerprint density at radius 2 is 1.61 bits per heavy atom. The molecule has 28 heavy (non-hydrogen) atoms. The van der Waals surface area contributed by atoms with E-state index in [0.29, 0.717) is 39.7 Å². The molecule has 0 aliphatic carbocycles. The summed E-state index contributed by atoms with van der Waals surface area (Å²) in [6.45, 7) is 0. The van der Waals surface area contributed by atoms with Gasteiger partial charge in [0.15, 0.2) is 5.65 Å². The SMILES string of the molecule is Nc1c(-c2nc3ccccc3[nH]2)c2nc3nonc3nc2n1-c1ccccc1. The summed E-state index contributed by atoms with van der Waals surface area (Å²) in [6.07, 6.45) is 0. The van der Waals surface area contributed by atoms with E-state index in [2.05, 4.69) is 25.3 Å². The van der Waals surface area contributed by atoms with Crippen LogP contribution in [0.5, 0.6) is 0 Å². The van der Waals surface area contributed by atoms with Crippen molar-refractivity contribution >= 4 is 39.3 Å². The van der Waals surface area contributed by atoms with Crippen molar-refractivity contribution in [2.45, 2.75) is 0 Å². The van der Waals surface area contributed by atoms with Gasteiger partial charge in [0.1, 0.15) is 17.2 Å². The van der Waals surface area contributed by atoms with Crippen molar-refractivity contribution in [3.05, 3.63) is 54.6 Å². The van der Waals surface area contributed by atoms with Gasteiger partial charge in [0, 0.05) is 5.69 Å². The molecule has 6 rings (SSSR count).